The zero-order chi connectivity index (χ0) is 20.6. The SMILES string of the molecule is CCN1C(=O)/C(=C/c2cc(C)n(-c3cccc(C(=O)O)c3)c2C)C(=O)NC1=S. The number of hydrogen-bond donors (Lipinski definition) is 2. The second kappa shape index (κ2) is 7.40. The second-order valence-electron chi connectivity index (χ2n) is 6.38. The zero-order valence-corrected chi connectivity index (χ0v) is 16.5. The molecule has 1 fully saturated rings. The van der Waals surface area contributed by atoms with E-state index in [0.29, 0.717) is 17.8 Å². The first-order valence-electron chi connectivity index (χ1n) is 8.66. The van der Waals surface area contributed by atoms with E-state index in [0.717, 1.165) is 11.4 Å². The Bertz CT molecular complexity index is 1050. The van der Waals surface area contributed by atoms with E-state index in [1.54, 1.807) is 31.2 Å². The first-order valence-corrected chi connectivity index (χ1v) is 9.07. The quantitative estimate of drug-likeness (QED) is 0.470. The maximum Gasteiger partial charge on any atom is 0.335 e. The summed E-state index contributed by atoms with van der Waals surface area (Å²) < 4.78 is 1.88. The van der Waals surface area contributed by atoms with Gasteiger partial charge in [0.15, 0.2) is 5.11 Å². The number of benzene rings is 1. The summed E-state index contributed by atoms with van der Waals surface area (Å²) in [6.07, 6.45) is 1.54. The van der Waals surface area contributed by atoms with E-state index in [9.17, 15) is 19.5 Å². The predicted molar refractivity (Wildman–Crippen MR) is 108 cm³/mol. The van der Waals surface area contributed by atoms with Crippen molar-refractivity contribution in [3.05, 3.63) is 58.4 Å². The van der Waals surface area contributed by atoms with Crippen LogP contribution in [0.1, 0.15) is 34.2 Å². The van der Waals surface area contributed by atoms with E-state index < -0.39 is 17.8 Å². The molecule has 0 bridgehead atoms. The van der Waals surface area contributed by atoms with Gasteiger partial charge in [-0.2, -0.15) is 0 Å². The van der Waals surface area contributed by atoms with Crippen LogP contribution in [0.15, 0.2) is 35.9 Å². The lowest BCUT2D eigenvalue weighted by atomic mass is 10.1. The van der Waals surface area contributed by atoms with Crippen molar-refractivity contribution in [3.63, 3.8) is 0 Å². The molecule has 1 aromatic heterocycles. The molecule has 2 N–H and O–H groups in total. The lowest BCUT2D eigenvalue weighted by Crippen LogP contribution is -2.53. The predicted octanol–water partition coefficient (Wildman–Crippen LogP) is 2.44. The van der Waals surface area contributed by atoms with Gasteiger partial charge in [-0.1, -0.05) is 6.07 Å². The summed E-state index contributed by atoms with van der Waals surface area (Å²) in [5, 5.41) is 11.9. The minimum atomic E-state index is -1.01. The van der Waals surface area contributed by atoms with Crippen LogP contribution < -0.4 is 5.32 Å². The fraction of sp³-hybridized carbons (Fsp3) is 0.200. The van der Waals surface area contributed by atoms with Crippen LogP contribution >= 0.6 is 12.2 Å². The average Bonchev–Trinajstić information content (AvgIpc) is 2.92. The summed E-state index contributed by atoms with van der Waals surface area (Å²) in [6, 6.07) is 8.43. The molecule has 8 heteroatoms. The van der Waals surface area contributed by atoms with Crippen LogP contribution in [-0.2, 0) is 9.59 Å². The Morgan fingerprint density at radius 1 is 1.25 bits per heavy atom. The highest BCUT2D eigenvalue weighted by molar-refractivity contribution is 7.80. The van der Waals surface area contributed by atoms with Gasteiger partial charge >= 0.3 is 5.97 Å². The number of thiocarbonyl (C=S) groups is 1. The third-order valence-corrected chi connectivity index (χ3v) is 4.95. The molecule has 144 valence electrons. The van der Waals surface area contributed by atoms with Crippen LogP contribution in [0.4, 0.5) is 0 Å². The number of amides is 2. The molecule has 1 aromatic carbocycles. The number of carboxylic acids is 1. The van der Waals surface area contributed by atoms with Crippen LogP contribution in [-0.4, -0.2) is 44.0 Å². The van der Waals surface area contributed by atoms with Crippen LogP contribution in [0.2, 0.25) is 0 Å². The topological polar surface area (TPSA) is 91.6 Å². The molecular weight excluding hydrogens is 378 g/mol. The van der Waals surface area contributed by atoms with Crippen LogP contribution in [0.5, 0.6) is 0 Å². The first-order chi connectivity index (χ1) is 13.2. The molecule has 28 heavy (non-hydrogen) atoms. The van der Waals surface area contributed by atoms with E-state index in [-0.39, 0.29) is 16.2 Å². The van der Waals surface area contributed by atoms with Gasteiger partial charge in [0.1, 0.15) is 5.57 Å². The summed E-state index contributed by atoms with van der Waals surface area (Å²) >= 11 is 5.04. The molecule has 2 heterocycles. The van der Waals surface area contributed by atoms with Crippen molar-refractivity contribution in [3.8, 4) is 5.69 Å². The minimum absolute atomic E-state index is 0.00925. The highest BCUT2D eigenvalue weighted by Gasteiger charge is 2.32. The van der Waals surface area contributed by atoms with Gasteiger partial charge < -0.3 is 9.67 Å². The van der Waals surface area contributed by atoms with Crippen molar-refractivity contribution < 1.29 is 19.5 Å². The zero-order valence-electron chi connectivity index (χ0n) is 15.6. The van der Waals surface area contributed by atoms with Crippen molar-refractivity contribution in [1.29, 1.82) is 0 Å². The average molecular weight is 397 g/mol. The van der Waals surface area contributed by atoms with Gasteiger partial charge in [0.25, 0.3) is 11.8 Å². The van der Waals surface area contributed by atoms with Crippen LogP contribution in [0.3, 0.4) is 0 Å². The second-order valence-corrected chi connectivity index (χ2v) is 6.77. The summed E-state index contributed by atoms with van der Waals surface area (Å²) in [4.78, 5) is 37.5. The lowest BCUT2D eigenvalue weighted by Gasteiger charge is -2.27. The van der Waals surface area contributed by atoms with Crippen molar-refractivity contribution in [2.75, 3.05) is 6.54 Å². The van der Waals surface area contributed by atoms with Crippen molar-refractivity contribution in [2.45, 2.75) is 20.8 Å². The standard InChI is InChI=1S/C20H19N3O4S/c1-4-22-18(25)16(17(24)21-20(22)28)10-14-8-11(2)23(12(14)3)15-7-5-6-13(9-15)19(26)27/h5-10H,4H2,1-3H3,(H,26,27)(H,21,24,28)/b16-10+. The molecule has 2 amide bonds. The van der Waals surface area contributed by atoms with Crippen molar-refractivity contribution >= 4 is 41.2 Å². The normalized spacial score (nSPS) is 15.9. The largest absolute Gasteiger partial charge is 0.478 e. The Morgan fingerprint density at radius 3 is 2.61 bits per heavy atom. The third-order valence-electron chi connectivity index (χ3n) is 4.62. The Morgan fingerprint density at radius 2 is 1.96 bits per heavy atom. The van der Waals surface area contributed by atoms with Gasteiger partial charge in [0, 0.05) is 23.6 Å². The molecule has 1 aliphatic rings. The van der Waals surface area contributed by atoms with Crippen LogP contribution in [0.25, 0.3) is 11.8 Å². The van der Waals surface area contributed by atoms with Gasteiger partial charge in [-0.25, -0.2) is 4.79 Å². The molecular formula is C20H19N3O4S. The highest BCUT2D eigenvalue weighted by atomic mass is 32.1. The summed E-state index contributed by atoms with van der Waals surface area (Å²) in [6.45, 7) is 5.86. The van der Waals surface area contributed by atoms with Crippen molar-refractivity contribution in [1.82, 2.24) is 14.8 Å². The molecule has 0 atom stereocenters. The number of hydrogen-bond acceptors (Lipinski definition) is 4. The van der Waals surface area contributed by atoms with E-state index in [2.05, 4.69) is 5.32 Å². The summed E-state index contributed by atoms with van der Waals surface area (Å²) in [5.41, 5.74) is 3.20. The maximum absolute atomic E-state index is 12.6. The van der Waals surface area contributed by atoms with E-state index in [1.165, 1.54) is 11.0 Å². The molecule has 0 radical (unpaired) electrons. The molecule has 3 rings (SSSR count). The molecule has 2 aromatic rings. The van der Waals surface area contributed by atoms with Gasteiger partial charge in [-0.3, -0.25) is 19.8 Å². The highest BCUT2D eigenvalue weighted by Crippen LogP contribution is 2.24. The summed E-state index contributed by atoms with van der Waals surface area (Å²) in [7, 11) is 0. The Balaban J connectivity index is 2.07. The number of likely N-dealkylation sites (N-methyl/N-ethyl adjacent to an activating group) is 1. The Hall–Kier alpha value is -3.26. The van der Waals surface area contributed by atoms with Crippen LogP contribution in [0, 0.1) is 13.8 Å². The molecule has 1 aliphatic heterocycles. The number of nitrogens with one attached hydrogen (secondary N) is 1. The smallest absolute Gasteiger partial charge is 0.335 e. The monoisotopic (exact) mass is 397 g/mol. The molecule has 0 unspecified atom stereocenters. The molecule has 0 aliphatic carbocycles. The molecule has 0 saturated carbocycles. The van der Waals surface area contributed by atoms with E-state index >= 15 is 0 Å². The van der Waals surface area contributed by atoms with E-state index in [4.69, 9.17) is 12.2 Å². The Kier molecular flexibility index (Phi) is 5.15. The number of aryl methyl sites for hydroxylation is 1. The number of carbonyl (C=O) groups excluding carboxylic acids is 2. The Labute approximate surface area is 167 Å². The number of carboxylic acid groups (broad SMARTS) is 1. The number of rotatable bonds is 4. The number of aromatic nitrogens is 1. The fourth-order valence-electron chi connectivity index (χ4n) is 3.25. The fourth-order valence-corrected chi connectivity index (χ4v) is 3.55. The van der Waals surface area contributed by atoms with Gasteiger partial charge in [0.05, 0.1) is 5.56 Å². The number of carbonyl (C=O) groups is 3. The van der Waals surface area contributed by atoms with Gasteiger partial charge in [-0.05, 0) is 68.9 Å². The molecule has 1 saturated heterocycles. The third kappa shape index (κ3) is 3.34. The van der Waals surface area contributed by atoms with Gasteiger partial charge in [0.2, 0.25) is 0 Å². The first kappa shape index (κ1) is 19.5. The molecule has 0 spiro atoms. The summed E-state index contributed by atoms with van der Waals surface area (Å²) in [5.74, 6) is -1.97. The van der Waals surface area contributed by atoms with Gasteiger partial charge in [-0.15, -0.1) is 0 Å². The van der Waals surface area contributed by atoms with Crippen molar-refractivity contribution in [2.24, 2.45) is 0 Å². The minimum Gasteiger partial charge on any atom is -0.478 e. The van der Waals surface area contributed by atoms with E-state index in [1.807, 2.05) is 24.5 Å². The maximum atomic E-state index is 12.6. The number of aromatic carboxylic acids is 1. The molecule has 7 nitrogen and oxygen atoms in total. The number of nitrogens with zero attached hydrogens (tertiary/aromatic N) is 2. The lowest BCUT2D eigenvalue weighted by molar-refractivity contribution is -0.128.